The van der Waals surface area contributed by atoms with E-state index in [1.807, 2.05) is 0 Å². The summed E-state index contributed by atoms with van der Waals surface area (Å²) in [4.78, 5) is 21.4. The maximum atomic E-state index is 10.9. The number of carbonyl (C=O) groups excluding carboxylic acids is 2. The first-order chi connectivity index (χ1) is 5.58. The number of carbonyl (C=O) groups is 2. The predicted molar refractivity (Wildman–Crippen MR) is 36.8 cm³/mol. The van der Waals surface area contributed by atoms with Gasteiger partial charge >= 0.3 is 17.7 Å². The zero-order valence-corrected chi connectivity index (χ0v) is 6.44. The third-order valence-electron chi connectivity index (χ3n) is 1.27. The Labute approximate surface area is 68.6 Å². The van der Waals surface area contributed by atoms with Crippen molar-refractivity contribution in [1.29, 1.82) is 0 Å². The zero-order chi connectivity index (χ0) is 9.19. The van der Waals surface area contributed by atoms with E-state index in [4.69, 9.17) is 0 Å². The van der Waals surface area contributed by atoms with Gasteiger partial charge in [0.05, 0.1) is 6.61 Å². The molecular weight excluding hydrogens is 164 g/mol. The molecule has 0 spiro atoms. The molecule has 0 aliphatic carbocycles. The van der Waals surface area contributed by atoms with E-state index in [9.17, 15) is 14.7 Å². The Morgan fingerprint density at radius 3 is 2.92 bits per heavy atom. The molecule has 0 aromatic carbocycles. The minimum Gasteiger partial charge on any atom is -0.461 e. The second-order valence-electron chi connectivity index (χ2n) is 2.17. The summed E-state index contributed by atoms with van der Waals surface area (Å²) < 4.78 is 8.75. The SMILES string of the molecule is CCOC(=O)C1(O)C=CC(=O)O1. The number of cyclic esters (lactones) is 1. The minimum atomic E-state index is -2.22. The first kappa shape index (κ1) is 8.73. The molecule has 66 valence electrons. The van der Waals surface area contributed by atoms with Crippen LogP contribution in [0.2, 0.25) is 0 Å². The van der Waals surface area contributed by atoms with Crippen LogP contribution in [-0.2, 0) is 19.1 Å². The van der Waals surface area contributed by atoms with Crippen molar-refractivity contribution in [3.8, 4) is 0 Å². The molecule has 1 rings (SSSR count). The summed E-state index contributed by atoms with van der Waals surface area (Å²) in [5.41, 5.74) is 0. The summed E-state index contributed by atoms with van der Waals surface area (Å²) in [5, 5.41) is 9.26. The average Bonchev–Trinajstić information content (AvgIpc) is 2.33. The van der Waals surface area contributed by atoms with Crippen LogP contribution < -0.4 is 0 Å². The standard InChI is InChI=1S/C7H8O5/c1-2-11-6(9)7(10)4-3-5(8)12-7/h3-4,10H,2H2,1H3. The van der Waals surface area contributed by atoms with Crippen LogP contribution in [-0.4, -0.2) is 29.4 Å². The van der Waals surface area contributed by atoms with E-state index < -0.39 is 17.7 Å². The summed E-state index contributed by atoms with van der Waals surface area (Å²) in [6, 6.07) is 0. The fourth-order valence-electron chi connectivity index (χ4n) is 0.747. The van der Waals surface area contributed by atoms with Crippen molar-refractivity contribution < 1.29 is 24.2 Å². The Kier molecular flexibility index (Phi) is 2.14. The van der Waals surface area contributed by atoms with Crippen LogP contribution in [0, 0.1) is 0 Å². The maximum Gasteiger partial charge on any atom is 0.384 e. The van der Waals surface area contributed by atoms with Crippen molar-refractivity contribution in [3.05, 3.63) is 12.2 Å². The summed E-state index contributed by atoms with van der Waals surface area (Å²) in [6.07, 6.45) is 1.92. The van der Waals surface area contributed by atoms with Crippen LogP contribution in [0.15, 0.2) is 12.2 Å². The first-order valence-corrected chi connectivity index (χ1v) is 3.40. The Morgan fingerprint density at radius 2 is 2.50 bits per heavy atom. The van der Waals surface area contributed by atoms with Crippen LogP contribution in [0.4, 0.5) is 0 Å². The lowest BCUT2D eigenvalue weighted by molar-refractivity contribution is -0.204. The molecule has 5 heteroatoms. The van der Waals surface area contributed by atoms with Gasteiger partial charge in [0.1, 0.15) is 0 Å². The van der Waals surface area contributed by atoms with Crippen molar-refractivity contribution in [3.63, 3.8) is 0 Å². The van der Waals surface area contributed by atoms with E-state index in [0.717, 1.165) is 12.2 Å². The van der Waals surface area contributed by atoms with Crippen LogP contribution in [0.3, 0.4) is 0 Å². The highest BCUT2D eigenvalue weighted by Gasteiger charge is 2.42. The van der Waals surface area contributed by atoms with Crippen LogP contribution >= 0.6 is 0 Å². The van der Waals surface area contributed by atoms with Gasteiger partial charge in [0, 0.05) is 12.2 Å². The minimum absolute atomic E-state index is 0.118. The molecule has 1 unspecified atom stereocenters. The normalized spacial score (nSPS) is 27.0. The molecule has 0 saturated heterocycles. The van der Waals surface area contributed by atoms with Crippen molar-refractivity contribution in [2.45, 2.75) is 12.7 Å². The Hall–Kier alpha value is -1.36. The lowest BCUT2D eigenvalue weighted by Crippen LogP contribution is -2.39. The molecule has 1 heterocycles. The first-order valence-electron chi connectivity index (χ1n) is 3.40. The van der Waals surface area contributed by atoms with Crippen molar-refractivity contribution in [2.24, 2.45) is 0 Å². The van der Waals surface area contributed by atoms with Crippen LogP contribution in [0.1, 0.15) is 6.92 Å². The number of hydrogen-bond acceptors (Lipinski definition) is 5. The molecule has 0 fully saturated rings. The number of aliphatic hydroxyl groups is 1. The molecule has 0 amide bonds. The monoisotopic (exact) mass is 172 g/mol. The van der Waals surface area contributed by atoms with E-state index >= 15 is 0 Å². The summed E-state index contributed by atoms with van der Waals surface area (Å²) >= 11 is 0. The van der Waals surface area contributed by atoms with Gasteiger partial charge in [-0.25, -0.2) is 9.59 Å². The quantitative estimate of drug-likeness (QED) is 0.560. The number of rotatable bonds is 2. The summed E-state index contributed by atoms with van der Waals surface area (Å²) in [7, 11) is 0. The second-order valence-corrected chi connectivity index (χ2v) is 2.17. The van der Waals surface area contributed by atoms with Gasteiger partial charge in [-0.05, 0) is 6.92 Å². The van der Waals surface area contributed by atoms with Crippen molar-refractivity contribution >= 4 is 11.9 Å². The van der Waals surface area contributed by atoms with E-state index in [1.165, 1.54) is 0 Å². The predicted octanol–water partition coefficient (Wildman–Crippen LogP) is -0.649. The van der Waals surface area contributed by atoms with Gasteiger partial charge in [-0.3, -0.25) is 0 Å². The lowest BCUT2D eigenvalue weighted by atomic mass is 10.3. The van der Waals surface area contributed by atoms with Crippen molar-refractivity contribution in [1.82, 2.24) is 0 Å². The van der Waals surface area contributed by atoms with Gasteiger partial charge in [0.15, 0.2) is 0 Å². The molecule has 0 aromatic rings. The lowest BCUT2D eigenvalue weighted by Gasteiger charge is -2.16. The maximum absolute atomic E-state index is 10.9. The molecule has 1 atom stereocenters. The van der Waals surface area contributed by atoms with Crippen LogP contribution in [0.25, 0.3) is 0 Å². The molecular formula is C7H8O5. The molecule has 0 aromatic heterocycles. The summed E-state index contributed by atoms with van der Waals surface area (Å²) in [5.74, 6) is -3.95. The third kappa shape index (κ3) is 1.45. The number of esters is 2. The van der Waals surface area contributed by atoms with Gasteiger partial charge in [0.2, 0.25) is 0 Å². The molecule has 1 N–H and O–H groups in total. The molecule has 0 saturated carbocycles. The summed E-state index contributed by atoms with van der Waals surface area (Å²) in [6.45, 7) is 1.70. The smallest absolute Gasteiger partial charge is 0.384 e. The highest BCUT2D eigenvalue weighted by Crippen LogP contribution is 2.17. The fourth-order valence-corrected chi connectivity index (χ4v) is 0.747. The van der Waals surface area contributed by atoms with Gasteiger partial charge in [-0.1, -0.05) is 0 Å². The van der Waals surface area contributed by atoms with E-state index in [0.29, 0.717) is 0 Å². The van der Waals surface area contributed by atoms with Crippen molar-refractivity contribution in [2.75, 3.05) is 6.61 Å². The largest absolute Gasteiger partial charge is 0.461 e. The third-order valence-corrected chi connectivity index (χ3v) is 1.27. The highest BCUT2D eigenvalue weighted by atomic mass is 16.7. The Morgan fingerprint density at radius 1 is 1.83 bits per heavy atom. The van der Waals surface area contributed by atoms with E-state index in [-0.39, 0.29) is 6.61 Å². The van der Waals surface area contributed by atoms with E-state index in [1.54, 1.807) is 6.92 Å². The second kappa shape index (κ2) is 2.94. The van der Waals surface area contributed by atoms with Gasteiger partial charge in [0.25, 0.3) is 0 Å². The molecule has 0 bridgehead atoms. The number of ether oxygens (including phenoxy) is 2. The average molecular weight is 172 g/mol. The fraction of sp³-hybridized carbons (Fsp3) is 0.429. The molecule has 5 nitrogen and oxygen atoms in total. The molecule has 12 heavy (non-hydrogen) atoms. The van der Waals surface area contributed by atoms with Gasteiger partial charge in [-0.15, -0.1) is 0 Å². The molecule has 0 radical (unpaired) electrons. The van der Waals surface area contributed by atoms with Gasteiger partial charge in [-0.2, -0.15) is 0 Å². The molecule has 1 aliphatic heterocycles. The Bertz CT molecular complexity index is 244. The highest BCUT2D eigenvalue weighted by molar-refractivity contribution is 5.93. The molecule has 1 aliphatic rings. The number of hydrogen-bond donors (Lipinski definition) is 1. The Balaban J connectivity index is 2.68. The van der Waals surface area contributed by atoms with Crippen LogP contribution in [0.5, 0.6) is 0 Å². The van der Waals surface area contributed by atoms with Gasteiger partial charge < -0.3 is 14.6 Å². The topological polar surface area (TPSA) is 72.8 Å². The zero-order valence-electron chi connectivity index (χ0n) is 6.44. The van der Waals surface area contributed by atoms with E-state index in [2.05, 4.69) is 9.47 Å².